The zero-order chi connectivity index (χ0) is 13.8. The third-order valence-corrected chi connectivity index (χ3v) is 3.44. The molecule has 0 atom stereocenters. The summed E-state index contributed by atoms with van der Waals surface area (Å²) < 4.78 is 0. The minimum Gasteiger partial charge on any atom is -0.508 e. The normalized spacial score (nSPS) is 11.8. The first-order valence-corrected chi connectivity index (χ1v) is 7.25. The third-order valence-electron chi connectivity index (χ3n) is 3.44. The van der Waals surface area contributed by atoms with Gasteiger partial charge in [-0.25, -0.2) is 0 Å². The summed E-state index contributed by atoms with van der Waals surface area (Å²) in [5.41, 5.74) is 3.85. The van der Waals surface area contributed by atoms with Crippen molar-refractivity contribution in [1.29, 1.82) is 0 Å². The van der Waals surface area contributed by atoms with Crippen molar-refractivity contribution in [3.05, 3.63) is 28.8 Å². The van der Waals surface area contributed by atoms with Crippen LogP contribution in [0.3, 0.4) is 0 Å². The predicted molar refractivity (Wildman–Crippen MR) is 79.4 cm³/mol. The number of hydrogen-bond acceptors (Lipinski definition) is 1. The van der Waals surface area contributed by atoms with E-state index in [4.69, 9.17) is 0 Å². The molecular weight excluding hydrogens is 220 g/mol. The van der Waals surface area contributed by atoms with E-state index in [-0.39, 0.29) is 5.41 Å². The van der Waals surface area contributed by atoms with Crippen LogP contribution in [0.4, 0.5) is 0 Å². The van der Waals surface area contributed by atoms with Gasteiger partial charge in [0.15, 0.2) is 0 Å². The van der Waals surface area contributed by atoms with Crippen LogP contribution in [0.5, 0.6) is 5.75 Å². The van der Waals surface area contributed by atoms with Crippen molar-refractivity contribution in [2.75, 3.05) is 0 Å². The standard InChI is InChI=1S/C17H28O/c1-6-8-10-14-11-15(17(3,4)5)16(18)12-13(14)9-7-2/h11-12,18H,6-10H2,1-5H3. The van der Waals surface area contributed by atoms with E-state index < -0.39 is 0 Å². The number of aromatic hydroxyl groups is 1. The minimum atomic E-state index is 0.00971. The predicted octanol–water partition coefficient (Wildman–Crippen LogP) is 4.98. The average molecular weight is 248 g/mol. The van der Waals surface area contributed by atoms with E-state index in [2.05, 4.69) is 40.7 Å². The quantitative estimate of drug-likeness (QED) is 0.778. The average Bonchev–Trinajstić information content (AvgIpc) is 2.26. The largest absolute Gasteiger partial charge is 0.508 e. The molecule has 0 aliphatic rings. The fraction of sp³-hybridized carbons (Fsp3) is 0.647. The molecule has 1 rings (SSSR count). The van der Waals surface area contributed by atoms with E-state index in [1.807, 2.05) is 6.07 Å². The Labute approximate surface area is 112 Å². The molecule has 0 radical (unpaired) electrons. The third kappa shape index (κ3) is 3.76. The number of phenols is 1. The molecule has 0 spiro atoms. The summed E-state index contributed by atoms with van der Waals surface area (Å²) in [4.78, 5) is 0. The lowest BCUT2D eigenvalue weighted by Crippen LogP contribution is -2.12. The van der Waals surface area contributed by atoms with Crippen molar-refractivity contribution < 1.29 is 5.11 Å². The van der Waals surface area contributed by atoms with Crippen LogP contribution in [-0.4, -0.2) is 5.11 Å². The summed E-state index contributed by atoms with van der Waals surface area (Å²) in [5.74, 6) is 0.464. The second kappa shape index (κ2) is 6.26. The van der Waals surface area contributed by atoms with Gasteiger partial charge < -0.3 is 5.11 Å². The summed E-state index contributed by atoms with van der Waals surface area (Å²) in [7, 11) is 0. The fourth-order valence-corrected chi connectivity index (χ4v) is 2.38. The Bertz CT molecular complexity index is 385. The topological polar surface area (TPSA) is 20.2 Å². The maximum Gasteiger partial charge on any atom is 0.119 e. The van der Waals surface area contributed by atoms with Gasteiger partial charge in [-0.05, 0) is 47.4 Å². The Morgan fingerprint density at radius 2 is 1.56 bits per heavy atom. The van der Waals surface area contributed by atoms with Gasteiger partial charge in [0.25, 0.3) is 0 Å². The highest BCUT2D eigenvalue weighted by Crippen LogP contribution is 2.34. The van der Waals surface area contributed by atoms with Crippen LogP contribution in [-0.2, 0) is 18.3 Å². The molecule has 0 fully saturated rings. The van der Waals surface area contributed by atoms with E-state index in [0.29, 0.717) is 5.75 Å². The van der Waals surface area contributed by atoms with Gasteiger partial charge >= 0.3 is 0 Å². The SMILES string of the molecule is CCCCc1cc(C(C)(C)C)c(O)cc1CCC. The molecule has 0 amide bonds. The molecule has 0 saturated carbocycles. The van der Waals surface area contributed by atoms with Crippen molar-refractivity contribution in [3.63, 3.8) is 0 Å². The maximum atomic E-state index is 10.2. The minimum absolute atomic E-state index is 0.00971. The van der Waals surface area contributed by atoms with Crippen LogP contribution >= 0.6 is 0 Å². The molecule has 1 aromatic rings. The van der Waals surface area contributed by atoms with Crippen molar-refractivity contribution >= 4 is 0 Å². The smallest absolute Gasteiger partial charge is 0.119 e. The van der Waals surface area contributed by atoms with Gasteiger partial charge in [-0.1, -0.05) is 53.5 Å². The van der Waals surface area contributed by atoms with Crippen molar-refractivity contribution in [2.24, 2.45) is 0 Å². The van der Waals surface area contributed by atoms with E-state index in [0.717, 1.165) is 24.8 Å². The van der Waals surface area contributed by atoms with E-state index in [1.165, 1.54) is 24.0 Å². The number of benzene rings is 1. The van der Waals surface area contributed by atoms with Crippen molar-refractivity contribution in [2.45, 2.75) is 72.1 Å². The van der Waals surface area contributed by atoms with Crippen LogP contribution in [0.1, 0.15) is 70.6 Å². The van der Waals surface area contributed by atoms with Gasteiger partial charge in [0.05, 0.1) is 0 Å². The van der Waals surface area contributed by atoms with Gasteiger partial charge in [0.2, 0.25) is 0 Å². The molecule has 0 bridgehead atoms. The van der Waals surface area contributed by atoms with E-state index in [9.17, 15) is 5.11 Å². The first-order chi connectivity index (χ1) is 8.40. The molecular formula is C17H28O. The van der Waals surface area contributed by atoms with Crippen molar-refractivity contribution in [1.82, 2.24) is 0 Å². The molecule has 1 aromatic carbocycles. The molecule has 0 aliphatic carbocycles. The molecule has 0 unspecified atom stereocenters. The highest BCUT2D eigenvalue weighted by atomic mass is 16.3. The summed E-state index contributed by atoms with van der Waals surface area (Å²) in [6.07, 6.45) is 5.78. The van der Waals surface area contributed by atoms with Gasteiger partial charge in [0, 0.05) is 0 Å². The van der Waals surface area contributed by atoms with Crippen molar-refractivity contribution in [3.8, 4) is 5.75 Å². The molecule has 0 aliphatic heterocycles. The Hall–Kier alpha value is -0.980. The molecule has 1 nitrogen and oxygen atoms in total. The second-order valence-corrected chi connectivity index (χ2v) is 6.24. The van der Waals surface area contributed by atoms with Crippen LogP contribution in [0.25, 0.3) is 0 Å². The number of hydrogen-bond donors (Lipinski definition) is 1. The molecule has 0 saturated heterocycles. The van der Waals surface area contributed by atoms with Gasteiger partial charge in [-0.3, -0.25) is 0 Å². The van der Waals surface area contributed by atoms with Gasteiger partial charge in [0.1, 0.15) is 5.75 Å². The van der Waals surface area contributed by atoms with E-state index >= 15 is 0 Å². The van der Waals surface area contributed by atoms with Crippen LogP contribution in [0.15, 0.2) is 12.1 Å². The van der Waals surface area contributed by atoms with Crippen LogP contribution in [0, 0.1) is 0 Å². The molecule has 18 heavy (non-hydrogen) atoms. The first kappa shape index (κ1) is 15.1. The zero-order valence-corrected chi connectivity index (χ0v) is 12.6. The highest BCUT2D eigenvalue weighted by Gasteiger charge is 2.20. The second-order valence-electron chi connectivity index (χ2n) is 6.24. The molecule has 0 aromatic heterocycles. The maximum absolute atomic E-state index is 10.2. The lowest BCUT2D eigenvalue weighted by Gasteiger charge is -2.23. The van der Waals surface area contributed by atoms with Crippen LogP contribution < -0.4 is 0 Å². The molecule has 1 N–H and O–H groups in total. The highest BCUT2D eigenvalue weighted by molar-refractivity contribution is 5.45. The Morgan fingerprint density at radius 3 is 2.06 bits per heavy atom. The Balaban J connectivity index is 3.17. The monoisotopic (exact) mass is 248 g/mol. The summed E-state index contributed by atoms with van der Waals surface area (Å²) >= 11 is 0. The number of unbranched alkanes of at least 4 members (excludes halogenated alkanes) is 1. The van der Waals surface area contributed by atoms with E-state index in [1.54, 1.807) is 0 Å². The Kier molecular flexibility index (Phi) is 5.25. The molecule has 1 heteroatoms. The number of rotatable bonds is 5. The molecule has 102 valence electrons. The summed E-state index contributed by atoms with van der Waals surface area (Å²) in [6.45, 7) is 10.9. The lowest BCUT2D eigenvalue weighted by molar-refractivity contribution is 0.445. The summed E-state index contributed by atoms with van der Waals surface area (Å²) in [5, 5.41) is 10.2. The zero-order valence-electron chi connectivity index (χ0n) is 12.6. The fourth-order valence-electron chi connectivity index (χ4n) is 2.38. The first-order valence-electron chi connectivity index (χ1n) is 7.25. The number of aryl methyl sites for hydroxylation is 2. The van der Waals surface area contributed by atoms with Crippen LogP contribution in [0.2, 0.25) is 0 Å². The lowest BCUT2D eigenvalue weighted by atomic mass is 9.83. The van der Waals surface area contributed by atoms with Gasteiger partial charge in [-0.15, -0.1) is 0 Å². The van der Waals surface area contributed by atoms with Gasteiger partial charge in [-0.2, -0.15) is 0 Å². The number of phenolic OH excluding ortho intramolecular Hbond substituents is 1. The molecule has 0 heterocycles. The summed E-state index contributed by atoms with van der Waals surface area (Å²) in [6, 6.07) is 4.23. The Morgan fingerprint density at radius 1 is 0.944 bits per heavy atom.